The van der Waals surface area contributed by atoms with Gasteiger partial charge >= 0.3 is 0 Å². The van der Waals surface area contributed by atoms with Crippen molar-refractivity contribution in [1.29, 1.82) is 0 Å². The monoisotopic (exact) mass is 261 g/mol. The lowest BCUT2D eigenvalue weighted by Crippen LogP contribution is -2.37. The molecule has 1 aromatic carbocycles. The zero-order valence-corrected chi connectivity index (χ0v) is 12.5. The third kappa shape index (κ3) is 3.48. The van der Waals surface area contributed by atoms with Gasteiger partial charge in [-0.2, -0.15) is 0 Å². The molecule has 0 bridgehead atoms. The van der Waals surface area contributed by atoms with Gasteiger partial charge in [-0.1, -0.05) is 31.5 Å². The first-order valence-electron chi connectivity index (χ1n) is 7.45. The molecule has 3 heteroatoms. The summed E-state index contributed by atoms with van der Waals surface area (Å²) in [5.74, 6) is 0. The SMILES string of the molecule is CCN(CC)C1CCN(Cc2cc(C)ccc2N)C1. The minimum Gasteiger partial charge on any atom is -0.398 e. The molecule has 1 fully saturated rings. The van der Waals surface area contributed by atoms with E-state index in [2.05, 4.69) is 42.7 Å². The molecule has 1 aromatic rings. The number of hydrogen-bond donors (Lipinski definition) is 1. The molecule has 2 rings (SSSR count). The number of anilines is 1. The maximum atomic E-state index is 6.08. The summed E-state index contributed by atoms with van der Waals surface area (Å²) < 4.78 is 0. The van der Waals surface area contributed by atoms with Crippen molar-refractivity contribution in [3.8, 4) is 0 Å². The van der Waals surface area contributed by atoms with Gasteiger partial charge in [-0.15, -0.1) is 0 Å². The Morgan fingerprint density at radius 1 is 1.32 bits per heavy atom. The average molecular weight is 261 g/mol. The van der Waals surface area contributed by atoms with Gasteiger partial charge in [-0.05, 0) is 38.1 Å². The molecule has 1 atom stereocenters. The normalized spacial score (nSPS) is 20.3. The third-order valence-corrected chi connectivity index (χ3v) is 4.27. The van der Waals surface area contributed by atoms with Crippen LogP contribution in [0.2, 0.25) is 0 Å². The second-order valence-corrected chi connectivity index (χ2v) is 5.60. The van der Waals surface area contributed by atoms with E-state index < -0.39 is 0 Å². The predicted molar refractivity (Wildman–Crippen MR) is 82.2 cm³/mol. The molecule has 3 nitrogen and oxygen atoms in total. The van der Waals surface area contributed by atoms with Gasteiger partial charge < -0.3 is 5.73 Å². The van der Waals surface area contributed by atoms with E-state index in [0.717, 1.165) is 31.4 Å². The number of hydrogen-bond acceptors (Lipinski definition) is 3. The zero-order chi connectivity index (χ0) is 13.8. The van der Waals surface area contributed by atoms with Crippen molar-refractivity contribution < 1.29 is 0 Å². The van der Waals surface area contributed by atoms with Gasteiger partial charge in [0, 0.05) is 31.4 Å². The molecule has 19 heavy (non-hydrogen) atoms. The molecule has 0 amide bonds. The number of benzene rings is 1. The second kappa shape index (κ2) is 6.40. The number of likely N-dealkylation sites (tertiary alicyclic amines) is 1. The van der Waals surface area contributed by atoms with Crippen LogP contribution in [0.3, 0.4) is 0 Å². The van der Waals surface area contributed by atoms with Crippen LogP contribution in [0.4, 0.5) is 5.69 Å². The Balaban J connectivity index is 1.96. The van der Waals surface area contributed by atoms with Crippen molar-refractivity contribution in [1.82, 2.24) is 9.80 Å². The molecular weight excluding hydrogens is 234 g/mol. The highest BCUT2D eigenvalue weighted by Crippen LogP contribution is 2.21. The zero-order valence-electron chi connectivity index (χ0n) is 12.5. The van der Waals surface area contributed by atoms with Crippen LogP contribution in [0.5, 0.6) is 0 Å². The first kappa shape index (κ1) is 14.4. The minimum atomic E-state index is 0.723. The second-order valence-electron chi connectivity index (χ2n) is 5.60. The summed E-state index contributed by atoms with van der Waals surface area (Å²) >= 11 is 0. The van der Waals surface area contributed by atoms with E-state index in [1.165, 1.54) is 30.6 Å². The molecule has 0 spiro atoms. The maximum Gasteiger partial charge on any atom is 0.0359 e. The average Bonchev–Trinajstić information content (AvgIpc) is 2.84. The smallest absolute Gasteiger partial charge is 0.0359 e. The van der Waals surface area contributed by atoms with Gasteiger partial charge in [-0.3, -0.25) is 9.80 Å². The summed E-state index contributed by atoms with van der Waals surface area (Å²) in [5.41, 5.74) is 9.58. The van der Waals surface area contributed by atoms with Crippen LogP contribution in [0.25, 0.3) is 0 Å². The van der Waals surface area contributed by atoms with E-state index in [-0.39, 0.29) is 0 Å². The van der Waals surface area contributed by atoms with Crippen LogP contribution in [0.1, 0.15) is 31.4 Å². The standard InChI is InChI=1S/C16H27N3/c1-4-19(5-2)15-8-9-18(12-15)11-14-10-13(3)6-7-16(14)17/h6-7,10,15H,4-5,8-9,11-12,17H2,1-3H3. The molecule has 1 unspecified atom stereocenters. The first-order chi connectivity index (χ1) is 9.13. The third-order valence-electron chi connectivity index (χ3n) is 4.27. The Bertz CT molecular complexity index is 412. The van der Waals surface area contributed by atoms with Crippen molar-refractivity contribution in [3.05, 3.63) is 29.3 Å². The molecule has 1 aliphatic rings. The van der Waals surface area contributed by atoms with Crippen LogP contribution in [0.15, 0.2) is 18.2 Å². The number of nitrogens with two attached hydrogens (primary N) is 1. The van der Waals surface area contributed by atoms with E-state index in [1.807, 2.05) is 6.07 Å². The molecule has 2 N–H and O–H groups in total. The fourth-order valence-corrected chi connectivity index (χ4v) is 3.11. The van der Waals surface area contributed by atoms with Crippen LogP contribution >= 0.6 is 0 Å². The highest BCUT2D eigenvalue weighted by Gasteiger charge is 2.26. The number of rotatable bonds is 5. The van der Waals surface area contributed by atoms with Crippen molar-refractivity contribution in [2.24, 2.45) is 0 Å². The van der Waals surface area contributed by atoms with Crippen LogP contribution in [-0.2, 0) is 6.54 Å². The molecule has 0 radical (unpaired) electrons. The molecule has 1 aliphatic heterocycles. The highest BCUT2D eigenvalue weighted by atomic mass is 15.2. The number of aryl methyl sites for hydroxylation is 1. The Kier molecular flexibility index (Phi) is 4.83. The topological polar surface area (TPSA) is 32.5 Å². The molecule has 106 valence electrons. The van der Waals surface area contributed by atoms with E-state index in [0.29, 0.717) is 0 Å². The molecular formula is C16H27N3. The van der Waals surface area contributed by atoms with Gasteiger partial charge in [0.05, 0.1) is 0 Å². The lowest BCUT2D eigenvalue weighted by Gasteiger charge is -2.26. The van der Waals surface area contributed by atoms with E-state index in [1.54, 1.807) is 0 Å². The quantitative estimate of drug-likeness (QED) is 0.827. The van der Waals surface area contributed by atoms with Crippen molar-refractivity contribution in [3.63, 3.8) is 0 Å². The van der Waals surface area contributed by atoms with E-state index >= 15 is 0 Å². The van der Waals surface area contributed by atoms with Gasteiger partial charge in [0.2, 0.25) is 0 Å². The van der Waals surface area contributed by atoms with Gasteiger partial charge in [0.1, 0.15) is 0 Å². The Morgan fingerprint density at radius 3 is 2.74 bits per heavy atom. The summed E-state index contributed by atoms with van der Waals surface area (Å²) in [6.07, 6.45) is 1.29. The number of nitrogen functional groups attached to an aromatic ring is 1. The number of likely N-dealkylation sites (N-methyl/N-ethyl adjacent to an activating group) is 1. The van der Waals surface area contributed by atoms with Crippen LogP contribution in [0, 0.1) is 6.92 Å². The Morgan fingerprint density at radius 2 is 2.05 bits per heavy atom. The van der Waals surface area contributed by atoms with Crippen molar-refractivity contribution in [2.75, 3.05) is 31.9 Å². The Labute approximate surface area is 117 Å². The molecule has 1 heterocycles. The molecule has 0 saturated carbocycles. The molecule has 0 aliphatic carbocycles. The van der Waals surface area contributed by atoms with E-state index in [9.17, 15) is 0 Å². The fraction of sp³-hybridized carbons (Fsp3) is 0.625. The largest absolute Gasteiger partial charge is 0.398 e. The van der Waals surface area contributed by atoms with Crippen LogP contribution < -0.4 is 5.73 Å². The summed E-state index contributed by atoms with van der Waals surface area (Å²) in [6.45, 7) is 12.3. The van der Waals surface area contributed by atoms with Gasteiger partial charge in [0.15, 0.2) is 0 Å². The van der Waals surface area contributed by atoms with Crippen molar-refractivity contribution in [2.45, 2.75) is 39.8 Å². The fourth-order valence-electron chi connectivity index (χ4n) is 3.11. The lowest BCUT2D eigenvalue weighted by atomic mass is 10.1. The molecule has 1 saturated heterocycles. The summed E-state index contributed by atoms with van der Waals surface area (Å²) in [4.78, 5) is 5.10. The summed E-state index contributed by atoms with van der Waals surface area (Å²) in [7, 11) is 0. The van der Waals surface area contributed by atoms with Crippen LogP contribution in [-0.4, -0.2) is 42.0 Å². The molecule has 0 aromatic heterocycles. The highest BCUT2D eigenvalue weighted by molar-refractivity contribution is 5.48. The van der Waals surface area contributed by atoms with Crippen molar-refractivity contribution >= 4 is 5.69 Å². The Hall–Kier alpha value is -1.06. The lowest BCUT2D eigenvalue weighted by molar-refractivity contribution is 0.209. The summed E-state index contributed by atoms with van der Waals surface area (Å²) in [5, 5.41) is 0. The first-order valence-corrected chi connectivity index (χ1v) is 7.45. The van der Waals surface area contributed by atoms with Gasteiger partial charge in [0.25, 0.3) is 0 Å². The maximum absolute atomic E-state index is 6.08. The predicted octanol–water partition coefficient (Wildman–Crippen LogP) is 2.49. The van der Waals surface area contributed by atoms with Gasteiger partial charge in [-0.25, -0.2) is 0 Å². The number of nitrogens with zero attached hydrogens (tertiary/aromatic N) is 2. The minimum absolute atomic E-state index is 0.723. The summed E-state index contributed by atoms with van der Waals surface area (Å²) in [6, 6.07) is 7.06. The van der Waals surface area contributed by atoms with E-state index in [4.69, 9.17) is 5.73 Å².